The van der Waals surface area contributed by atoms with Crippen molar-refractivity contribution in [3.63, 3.8) is 0 Å². The Morgan fingerprint density at radius 1 is 1.47 bits per heavy atom. The summed E-state index contributed by atoms with van der Waals surface area (Å²) in [4.78, 5) is 11.8. The average molecular weight is 237 g/mol. The zero-order valence-electron chi connectivity index (χ0n) is 10.2. The standard InChI is InChI=1S/C13H19NO3/c1-3-10-4-5-12(16)11(8-10)13(17)14-7-6-9(2)15/h4-5,8-9,15-16H,3,6-7H2,1-2H3,(H,14,17). The van der Waals surface area contributed by atoms with Gasteiger partial charge in [0.15, 0.2) is 0 Å². The highest BCUT2D eigenvalue weighted by Gasteiger charge is 2.11. The topological polar surface area (TPSA) is 69.6 Å². The monoisotopic (exact) mass is 237 g/mol. The van der Waals surface area contributed by atoms with Gasteiger partial charge in [0.1, 0.15) is 5.75 Å². The van der Waals surface area contributed by atoms with Crippen LogP contribution in [0.25, 0.3) is 0 Å². The maximum Gasteiger partial charge on any atom is 0.255 e. The highest BCUT2D eigenvalue weighted by atomic mass is 16.3. The Morgan fingerprint density at radius 3 is 2.76 bits per heavy atom. The molecule has 4 nitrogen and oxygen atoms in total. The molecule has 4 heteroatoms. The minimum absolute atomic E-state index is 0.0169. The van der Waals surface area contributed by atoms with Crippen LogP contribution in [0.5, 0.6) is 5.75 Å². The number of rotatable bonds is 5. The number of carbonyl (C=O) groups excluding carboxylic acids is 1. The molecule has 1 amide bonds. The highest BCUT2D eigenvalue weighted by molar-refractivity contribution is 5.96. The Bertz CT molecular complexity index is 388. The van der Waals surface area contributed by atoms with Gasteiger partial charge in [0.25, 0.3) is 5.91 Å². The van der Waals surface area contributed by atoms with Crippen molar-refractivity contribution in [2.24, 2.45) is 0 Å². The second kappa shape index (κ2) is 6.25. The number of hydrogen-bond acceptors (Lipinski definition) is 3. The lowest BCUT2D eigenvalue weighted by Gasteiger charge is -2.09. The van der Waals surface area contributed by atoms with E-state index in [4.69, 9.17) is 5.11 Å². The molecule has 0 aromatic heterocycles. The van der Waals surface area contributed by atoms with Gasteiger partial charge < -0.3 is 15.5 Å². The van der Waals surface area contributed by atoms with Gasteiger partial charge in [-0.1, -0.05) is 13.0 Å². The van der Waals surface area contributed by atoms with E-state index in [0.717, 1.165) is 12.0 Å². The fraction of sp³-hybridized carbons (Fsp3) is 0.462. The van der Waals surface area contributed by atoms with Crippen LogP contribution in [0.1, 0.15) is 36.2 Å². The molecule has 0 bridgehead atoms. The molecular formula is C13H19NO3. The van der Waals surface area contributed by atoms with Crippen molar-refractivity contribution in [3.8, 4) is 5.75 Å². The van der Waals surface area contributed by atoms with E-state index in [9.17, 15) is 9.90 Å². The molecule has 0 aliphatic rings. The predicted molar refractivity (Wildman–Crippen MR) is 66.1 cm³/mol. The largest absolute Gasteiger partial charge is 0.507 e. The molecule has 0 radical (unpaired) electrons. The first-order chi connectivity index (χ1) is 8.04. The summed E-state index contributed by atoms with van der Waals surface area (Å²) in [5, 5.41) is 21.3. The SMILES string of the molecule is CCc1ccc(O)c(C(=O)NCCC(C)O)c1. The van der Waals surface area contributed by atoms with Crippen molar-refractivity contribution in [2.45, 2.75) is 32.8 Å². The van der Waals surface area contributed by atoms with Gasteiger partial charge in [0.2, 0.25) is 0 Å². The summed E-state index contributed by atoms with van der Waals surface area (Å²) < 4.78 is 0. The third-order valence-corrected chi connectivity index (χ3v) is 2.56. The van der Waals surface area contributed by atoms with E-state index in [0.29, 0.717) is 13.0 Å². The van der Waals surface area contributed by atoms with Gasteiger partial charge in [0.05, 0.1) is 11.7 Å². The van der Waals surface area contributed by atoms with Crippen LogP contribution in [0.3, 0.4) is 0 Å². The zero-order valence-corrected chi connectivity index (χ0v) is 10.2. The molecule has 0 saturated heterocycles. The molecule has 1 aromatic carbocycles. The molecule has 1 atom stereocenters. The van der Waals surface area contributed by atoms with Crippen molar-refractivity contribution in [3.05, 3.63) is 29.3 Å². The number of amides is 1. The molecule has 1 rings (SSSR count). The lowest BCUT2D eigenvalue weighted by molar-refractivity contribution is 0.0943. The summed E-state index contributed by atoms with van der Waals surface area (Å²) in [6.07, 6.45) is 0.875. The molecule has 94 valence electrons. The van der Waals surface area contributed by atoms with Crippen molar-refractivity contribution in [2.75, 3.05) is 6.54 Å². The molecule has 1 unspecified atom stereocenters. The summed E-state index contributed by atoms with van der Waals surface area (Å²) in [7, 11) is 0. The number of nitrogens with one attached hydrogen (secondary N) is 1. The summed E-state index contributed by atoms with van der Waals surface area (Å²) in [6.45, 7) is 4.05. The minimum Gasteiger partial charge on any atom is -0.507 e. The number of aryl methyl sites for hydroxylation is 1. The number of carbonyl (C=O) groups is 1. The van der Waals surface area contributed by atoms with Crippen molar-refractivity contribution in [1.82, 2.24) is 5.32 Å². The fourth-order valence-electron chi connectivity index (χ4n) is 1.47. The zero-order chi connectivity index (χ0) is 12.8. The first-order valence-electron chi connectivity index (χ1n) is 5.82. The number of phenolic OH excluding ortho intramolecular Hbond substituents is 1. The number of aromatic hydroxyl groups is 1. The van der Waals surface area contributed by atoms with Crippen LogP contribution in [-0.4, -0.2) is 28.8 Å². The molecular weight excluding hydrogens is 218 g/mol. The van der Waals surface area contributed by atoms with E-state index in [1.807, 2.05) is 6.92 Å². The molecule has 0 aliphatic carbocycles. The average Bonchev–Trinajstić information content (AvgIpc) is 2.29. The smallest absolute Gasteiger partial charge is 0.255 e. The third kappa shape index (κ3) is 4.07. The van der Waals surface area contributed by atoms with E-state index < -0.39 is 6.10 Å². The summed E-state index contributed by atoms with van der Waals surface area (Å²) in [5.41, 5.74) is 1.29. The van der Waals surface area contributed by atoms with Crippen LogP contribution < -0.4 is 5.32 Å². The summed E-state index contributed by atoms with van der Waals surface area (Å²) in [6, 6.07) is 5.01. The Morgan fingerprint density at radius 2 is 2.18 bits per heavy atom. The minimum atomic E-state index is -0.439. The van der Waals surface area contributed by atoms with Crippen LogP contribution >= 0.6 is 0 Å². The van der Waals surface area contributed by atoms with Gasteiger partial charge in [-0.05, 0) is 37.5 Å². The molecule has 0 spiro atoms. The maximum absolute atomic E-state index is 11.8. The van der Waals surface area contributed by atoms with E-state index in [1.165, 1.54) is 6.07 Å². The lowest BCUT2D eigenvalue weighted by atomic mass is 10.1. The maximum atomic E-state index is 11.8. The number of aliphatic hydroxyl groups excluding tert-OH is 1. The van der Waals surface area contributed by atoms with E-state index in [-0.39, 0.29) is 17.2 Å². The van der Waals surface area contributed by atoms with Crippen molar-refractivity contribution < 1.29 is 15.0 Å². The first-order valence-corrected chi connectivity index (χ1v) is 5.82. The quantitative estimate of drug-likeness (QED) is 0.726. The van der Waals surface area contributed by atoms with Crippen molar-refractivity contribution >= 4 is 5.91 Å². The van der Waals surface area contributed by atoms with Crippen LogP contribution in [-0.2, 0) is 6.42 Å². The molecule has 3 N–H and O–H groups in total. The number of hydrogen-bond donors (Lipinski definition) is 3. The molecule has 0 heterocycles. The number of phenols is 1. The Labute approximate surface area is 101 Å². The third-order valence-electron chi connectivity index (χ3n) is 2.56. The number of benzene rings is 1. The molecule has 17 heavy (non-hydrogen) atoms. The van der Waals surface area contributed by atoms with Crippen LogP contribution in [0.15, 0.2) is 18.2 Å². The second-order valence-corrected chi connectivity index (χ2v) is 4.10. The van der Waals surface area contributed by atoms with Crippen molar-refractivity contribution in [1.29, 1.82) is 0 Å². The Balaban J connectivity index is 2.67. The normalized spacial score (nSPS) is 12.2. The van der Waals surface area contributed by atoms with Gasteiger partial charge in [0, 0.05) is 6.54 Å². The van der Waals surface area contributed by atoms with Gasteiger partial charge in [-0.2, -0.15) is 0 Å². The lowest BCUT2D eigenvalue weighted by Crippen LogP contribution is -2.26. The van der Waals surface area contributed by atoms with E-state index in [2.05, 4.69) is 5.32 Å². The molecule has 0 aliphatic heterocycles. The van der Waals surface area contributed by atoms with Gasteiger partial charge >= 0.3 is 0 Å². The van der Waals surface area contributed by atoms with Crippen LogP contribution in [0.4, 0.5) is 0 Å². The fourth-order valence-corrected chi connectivity index (χ4v) is 1.47. The van der Waals surface area contributed by atoms with E-state index in [1.54, 1.807) is 19.1 Å². The second-order valence-electron chi connectivity index (χ2n) is 4.10. The Kier molecular flexibility index (Phi) is 4.97. The number of aliphatic hydroxyl groups is 1. The van der Waals surface area contributed by atoms with Gasteiger partial charge in [-0.25, -0.2) is 0 Å². The first kappa shape index (κ1) is 13.5. The van der Waals surface area contributed by atoms with E-state index >= 15 is 0 Å². The van der Waals surface area contributed by atoms with Crippen LogP contribution in [0.2, 0.25) is 0 Å². The highest BCUT2D eigenvalue weighted by Crippen LogP contribution is 2.18. The Hall–Kier alpha value is -1.55. The summed E-state index contributed by atoms with van der Waals surface area (Å²) >= 11 is 0. The van der Waals surface area contributed by atoms with Gasteiger partial charge in [-0.3, -0.25) is 4.79 Å². The summed E-state index contributed by atoms with van der Waals surface area (Å²) in [5.74, 6) is -0.324. The molecule has 0 fully saturated rings. The molecule has 0 saturated carbocycles. The van der Waals surface area contributed by atoms with Crippen LogP contribution in [0, 0.1) is 0 Å². The molecule has 1 aromatic rings. The van der Waals surface area contributed by atoms with Gasteiger partial charge in [-0.15, -0.1) is 0 Å². The predicted octanol–water partition coefficient (Wildman–Crippen LogP) is 1.46.